The zero-order valence-electron chi connectivity index (χ0n) is 12.9. The molecule has 0 fully saturated rings. The summed E-state index contributed by atoms with van der Waals surface area (Å²) in [5.41, 5.74) is 2.30. The van der Waals surface area contributed by atoms with Gasteiger partial charge in [0.2, 0.25) is 5.91 Å². The van der Waals surface area contributed by atoms with Crippen LogP contribution in [0.1, 0.15) is 25.3 Å². The molecule has 0 saturated carbocycles. The molecule has 2 aromatic rings. The largest absolute Gasteiger partial charge is 0.311 e. The number of benzene rings is 2. The Hall–Kier alpha value is -1.74. The molecular formula is C19H21NOS. The predicted octanol–water partition coefficient (Wildman–Crippen LogP) is 4.54. The van der Waals surface area contributed by atoms with Crippen molar-refractivity contribution in [2.24, 2.45) is 0 Å². The van der Waals surface area contributed by atoms with Crippen LogP contribution in [0.15, 0.2) is 59.5 Å². The molecule has 1 aliphatic heterocycles. The van der Waals surface area contributed by atoms with E-state index >= 15 is 0 Å². The lowest BCUT2D eigenvalue weighted by molar-refractivity contribution is -0.118. The average molecular weight is 311 g/mol. The Morgan fingerprint density at radius 1 is 1.14 bits per heavy atom. The van der Waals surface area contributed by atoms with Crippen LogP contribution in [0.3, 0.4) is 0 Å². The van der Waals surface area contributed by atoms with E-state index in [1.54, 1.807) is 0 Å². The van der Waals surface area contributed by atoms with Crippen LogP contribution in [-0.2, 0) is 11.2 Å². The van der Waals surface area contributed by atoms with Crippen molar-refractivity contribution < 1.29 is 4.79 Å². The number of rotatable bonds is 3. The fourth-order valence-electron chi connectivity index (χ4n) is 2.78. The van der Waals surface area contributed by atoms with Gasteiger partial charge >= 0.3 is 0 Å². The number of amides is 1. The number of hydrogen-bond acceptors (Lipinski definition) is 2. The number of para-hydroxylation sites is 1. The van der Waals surface area contributed by atoms with Gasteiger partial charge in [0.25, 0.3) is 0 Å². The molecule has 0 bridgehead atoms. The van der Waals surface area contributed by atoms with Gasteiger partial charge in [0, 0.05) is 23.1 Å². The number of fused-ring (bicyclic) bond motifs is 1. The summed E-state index contributed by atoms with van der Waals surface area (Å²) < 4.78 is 0. The van der Waals surface area contributed by atoms with E-state index in [-0.39, 0.29) is 5.91 Å². The molecule has 1 amide bonds. The molecule has 0 saturated heterocycles. The Balaban J connectivity index is 1.74. The van der Waals surface area contributed by atoms with E-state index in [2.05, 4.69) is 37.3 Å². The van der Waals surface area contributed by atoms with E-state index in [1.165, 1.54) is 10.5 Å². The minimum Gasteiger partial charge on any atom is -0.311 e. The first kappa shape index (κ1) is 15.2. The predicted molar refractivity (Wildman–Crippen MR) is 93.5 cm³/mol. The molecular weight excluding hydrogens is 290 g/mol. The number of anilines is 1. The summed E-state index contributed by atoms with van der Waals surface area (Å²) in [7, 11) is 0. The third-order valence-electron chi connectivity index (χ3n) is 4.01. The quantitative estimate of drug-likeness (QED) is 0.829. The van der Waals surface area contributed by atoms with Gasteiger partial charge in [0.15, 0.2) is 0 Å². The molecule has 0 aliphatic carbocycles. The minimum absolute atomic E-state index is 0.228. The van der Waals surface area contributed by atoms with E-state index in [4.69, 9.17) is 0 Å². The fourth-order valence-corrected chi connectivity index (χ4v) is 3.89. The zero-order chi connectivity index (χ0) is 15.4. The first-order valence-electron chi connectivity index (χ1n) is 7.84. The minimum atomic E-state index is 0.228. The monoisotopic (exact) mass is 311 g/mol. The Bertz CT molecular complexity index is 641. The lowest BCUT2D eigenvalue weighted by Crippen LogP contribution is -2.32. The van der Waals surface area contributed by atoms with E-state index < -0.39 is 0 Å². The van der Waals surface area contributed by atoms with Crippen LogP contribution in [0.25, 0.3) is 0 Å². The Morgan fingerprint density at radius 3 is 2.68 bits per heavy atom. The summed E-state index contributed by atoms with van der Waals surface area (Å²) in [5, 5.41) is 0.549. The van der Waals surface area contributed by atoms with Crippen LogP contribution in [0, 0.1) is 0 Å². The molecule has 0 spiro atoms. The number of aryl methyl sites for hydroxylation is 1. The maximum absolute atomic E-state index is 12.7. The van der Waals surface area contributed by atoms with E-state index in [0.29, 0.717) is 11.7 Å². The van der Waals surface area contributed by atoms with Gasteiger partial charge in [-0.05, 0) is 30.5 Å². The van der Waals surface area contributed by atoms with Gasteiger partial charge in [-0.1, -0.05) is 49.4 Å². The Kier molecular flexibility index (Phi) is 4.84. The van der Waals surface area contributed by atoms with Crippen LogP contribution >= 0.6 is 11.8 Å². The highest BCUT2D eigenvalue weighted by atomic mass is 32.2. The Labute approximate surface area is 136 Å². The lowest BCUT2D eigenvalue weighted by atomic mass is 10.1. The first-order chi connectivity index (χ1) is 10.7. The van der Waals surface area contributed by atoms with E-state index in [1.807, 2.05) is 40.9 Å². The molecule has 0 N–H and O–H groups in total. The number of hydrogen-bond donors (Lipinski definition) is 0. The molecule has 2 aromatic carbocycles. The topological polar surface area (TPSA) is 20.3 Å². The number of nitrogens with zero attached hydrogens (tertiary/aromatic N) is 1. The van der Waals surface area contributed by atoms with Gasteiger partial charge in [0.05, 0.1) is 5.69 Å². The van der Waals surface area contributed by atoms with Gasteiger partial charge in [-0.25, -0.2) is 0 Å². The van der Waals surface area contributed by atoms with E-state index in [9.17, 15) is 4.79 Å². The van der Waals surface area contributed by atoms with E-state index in [0.717, 1.165) is 25.1 Å². The molecule has 3 rings (SSSR count). The highest BCUT2D eigenvalue weighted by Gasteiger charge is 2.23. The highest BCUT2D eigenvalue weighted by Crippen LogP contribution is 2.37. The standard InChI is InChI=1S/C19H21NOS/c1-15-13-14-20(17-9-5-6-10-18(17)22-15)19(21)12-11-16-7-3-2-4-8-16/h2-10,15H,11-14H2,1H3. The molecule has 114 valence electrons. The van der Waals surface area contributed by atoms with Crippen molar-refractivity contribution in [3.05, 3.63) is 60.2 Å². The molecule has 1 heterocycles. The van der Waals surface area contributed by atoms with Gasteiger partial charge in [-0.15, -0.1) is 11.8 Å². The fraction of sp³-hybridized carbons (Fsp3) is 0.316. The van der Waals surface area contributed by atoms with Crippen LogP contribution < -0.4 is 4.90 Å². The second-order valence-electron chi connectivity index (χ2n) is 5.72. The normalized spacial score (nSPS) is 17.7. The lowest BCUT2D eigenvalue weighted by Gasteiger charge is -2.22. The average Bonchev–Trinajstić information content (AvgIpc) is 2.72. The van der Waals surface area contributed by atoms with Crippen molar-refractivity contribution in [1.82, 2.24) is 0 Å². The summed E-state index contributed by atoms with van der Waals surface area (Å²) >= 11 is 1.87. The van der Waals surface area contributed by atoms with Crippen LogP contribution in [0.4, 0.5) is 5.69 Å². The molecule has 22 heavy (non-hydrogen) atoms. The van der Waals surface area contributed by atoms with Crippen molar-refractivity contribution in [1.29, 1.82) is 0 Å². The molecule has 1 atom stereocenters. The van der Waals surface area contributed by atoms with Crippen LogP contribution in [0.5, 0.6) is 0 Å². The second kappa shape index (κ2) is 7.01. The maximum Gasteiger partial charge on any atom is 0.227 e. The van der Waals surface area contributed by atoms with Gasteiger partial charge < -0.3 is 4.90 Å². The molecule has 3 heteroatoms. The maximum atomic E-state index is 12.7. The van der Waals surface area contributed by atoms with Gasteiger partial charge in [-0.3, -0.25) is 4.79 Å². The number of carbonyl (C=O) groups excluding carboxylic acids is 1. The SMILES string of the molecule is CC1CCN(C(=O)CCc2ccccc2)c2ccccc2S1. The summed E-state index contributed by atoms with van der Waals surface area (Å²) in [4.78, 5) is 15.9. The number of thioether (sulfide) groups is 1. The third kappa shape index (κ3) is 3.53. The highest BCUT2D eigenvalue weighted by molar-refractivity contribution is 8.00. The van der Waals surface area contributed by atoms with Crippen molar-refractivity contribution >= 4 is 23.4 Å². The summed E-state index contributed by atoms with van der Waals surface area (Å²) in [6.45, 7) is 3.05. The van der Waals surface area contributed by atoms with Gasteiger partial charge in [0.1, 0.15) is 0 Å². The second-order valence-corrected chi connectivity index (χ2v) is 7.20. The number of carbonyl (C=O) groups is 1. The van der Waals surface area contributed by atoms with Crippen LogP contribution in [0.2, 0.25) is 0 Å². The summed E-state index contributed by atoms with van der Waals surface area (Å²) in [5.74, 6) is 0.228. The molecule has 1 aliphatic rings. The summed E-state index contributed by atoms with van der Waals surface area (Å²) in [6.07, 6.45) is 2.41. The van der Waals surface area contributed by atoms with Crippen molar-refractivity contribution in [2.45, 2.75) is 36.3 Å². The van der Waals surface area contributed by atoms with Crippen molar-refractivity contribution in [3.63, 3.8) is 0 Å². The molecule has 2 nitrogen and oxygen atoms in total. The van der Waals surface area contributed by atoms with Crippen molar-refractivity contribution in [2.75, 3.05) is 11.4 Å². The third-order valence-corrected chi connectivity index (χ3v) is 5.25. The first-order valence-corrected chi connectivity index (χ1v) is 8.72. The van der Waals surface area contributed by atoms with Gasteiger partial charge in [-0.2, -0.15) is 0 Å². The Morgan fingerprint density at radius 2 is 1.86 bits per heavy atom. The summed E-state index contributed by atoms with van der Waals surface area (Å²) in [6, 6.07) is 18.5. The molecule has 0 radical (unpaired) electrons. The van der Waals surface area contributed by atoms with Crippen molar-refractivity contribution in [3.8, 4) is 0 Å². The smallest absolute Gasteiger partial charge is 0.227 e. The zero-order valence-corrected chi connectivity index (χ0v) is 13.7. The molecule has 1 unspecified atom stereocenters. The van der Waals surface area contributed by atoms with Crippen LogP contribution in [-0.4, -0.2) is 17.7 Å². The molecule has 0 aromatic heterocycles.